The number of hydrogen-bond donors (Lipinski definition) is 2. The number of nitrogens with one attached hydrogen (secondary N) is 2. The maximum absolute atomic E-state index is 12.3. The molecule has 2 aromatic carbocycles. The molecule has 0 aliphatic heterocycles. The van der Waals surface area contributed by atoms with Gasteiger partial charge in [-0.15, -0.1) is 0 Å². The Morgan fingerprint density at radius 3 is 2.23 bits per heavy atom. The van der Waals surface area contributed by atoms with Gasteiger partial charge in [-0.1, -0.05) is 0 Å². The Balaban J connectivity index is 2.02. The zero-order valence-corrected chi connectivity index (χ0v) is 16.0. The van der Waals surface area contributed by atoms with E-state index in [1.807, 2.05) is 13.8 Å². The summed E-state index contributed by atoms with van der Waals surface area (Å²) in [6.45, 7) is 3.88. The predicted molar refractivity (Wildman–Crippen MR) is 105 cm³/mol. The highest BCUT2D eigenvalue weighted by molar-refractivity contribution is 7.80. The van der Waals surface area contributed by atoms with E-state index in [2.05, 4.69) is 10.6 Å². The minimum Gasteiger partial charge on any atom is -0.497 e. The van der Waals surface area contributed by atoms with Crippen molar-refractivity contribution in [2.45, 2.75) is 20.0 Å². The van der Waals surface area contributed by atoms with Gasteiger partial charge in [0.2, 0.25) is 0 Å². The van der Waals surface area contributed by atoms with Crippen LogP contribution in [0.5, 0.6) is 17.2 Å². The molecule has 2 N–H and O–H groups in total. The number of methoxy groups -OCH3 is 2. The lowest BCUT2D eigenvalue weighted by molar-refractivity contribution is 0.0977. The monoisotopic (exact) mass is 374 g/mol. The van der Waals surface area contributed by atoms with Crippen LogP contribution in [0.2, 0.25) is 0 Å². The molecule has 2 rings (SSSR count). The van der Waals surface area contributed by atoms with Crippen molar-refractivity contribution < 1.29 is 19.0 Å². The second kappa shape index (κ2) is 9.05. The quantitative estimate of drug-likeness (QED) is 0.753. The smallest absolute Gasteiger partial charge is 0.257 e. The van der Waals surface area contributed by atoms with E-state index < -0.39 is 0 Å². The SMILES string of the molecule is COc1ccc(OC)c(NC(=S)NC(=O)c2ccc(OC(C)C)cc2)c1. The highest BCUT2D eigenvalue weighted by Gasteiger charge is 2.11. The number of thiocarbonyl (C=S) groups is 1. The molecule has 0 aliphatic carbocycles. The van der Waals surface area contributed by atoms with Gasteiger partial charge in [0.05, 0.1) is 26.0 Å². The van der Waals surface area contributed by atoms with Crippen molar-refractivity contribution in [1.82, 2.24) is 5.32 Å². The summed E-state index contributed by atoms with van der Waals surface area (Å²) in [5, 5.41) is 5.74. The molecule has 6 nitrogen and oxygen atoms in total. The standard InChI is InChI=1S/C19H22N2O4S/c1-12(2)25-14-7-5-13(6-8-14)18(22)21-19(26)20-16-11-15(23-3)9-10-17(16)24-4/h5-12H,1-4H3,(H2,20,21,22,26). The maximum atomic E-state index is 12.3. The van der Waals surface area contributed by atoms with Gasteiger partial charge in [-0.2, -0.15) is 0 Å². The molecule has 0 fully saturated rings. The Morgan fingerprint density at radius 2 is 1.65 bits per heavy atom. The van der Waals surface area contributed by atoms with Crippen molar-refractivity contribution in [3.8, 4) is 17.2 Å². The fourth-order valence-corrected chi connectivity index (χ4v) is 2.40. The maximum Gasteiger partial charge on any atom is 0.257 e. The highest BCUT2D eigenvalue weighted by Crippen LogP contribution is 2.28. The van der Waals surface area contributed by atoms with E-state index in [0.29, 0.717) is 28.5 Å². The minimum absolute atomic E-state index is 0.0734. The summed E-state index contributed by atoms with van der Waals surface area (Å²) in [6.07, 6.45) is 0.0734. The van der Waals surface area contributed by atoms with Crippen LogP contribution in [0.1, 0.15) is 24.2 Å². The lowest BCUT2D eigenvalue weighted by Gasteiger charge is -2.14. The molecule has 0 aromatic heterocycles. The second-order valence-electron chi connectivity index (χ2n) is 5.67. The molecule has 0 unspecified atom stereocenters. The van der Waals surface area contributed by atoms with Crippen LogP contribution in [-0.2, 0) is 0 Å². The average Bonchev–Trinajstić information content (AvgIpc) is 2.61. The van der Waals surface area contributed by atoms with Crippen LogP contribution >= 0.6 is 12.2 Å². The Kier molecular flexibility index (Phi) is 6.80. The zero-order valence-electron chi connectivity index (χ0n) is 15.2. The first kappa shape index (κ1) is 19.5. The molecule has 26 heavy (non-hydrogen) atoms. The van der Waals surface area contributed by atoms with Crippen LogP contribution in [0.3, 0.4) is 0 Å². The van der Waals surface area contributed by atoms with Crippen LogP contribution in [0.15, 0.2) is 42.5 Å². The van der Waals surface area contributed by atoms with Crippen LogP contribution in [-0.4, -0.2) is 31.3 Å². The molecule has 0 aliphatic rings. The number of carbonyl (C=O) groups is 1. The number of ether oxygens (including phenoxy) is 3. The minimum atomic E-state index is -0.319. The largest absolute Gasteiger partial charge is 0.497 e. The lowest BCUT2D eigenvalue weighted by atomic mass is 10.2. The third-order valence-electron chi connectivity index (χ3n) is 3.37. The first-order valence-electron chi connectivity index (χ1n) is 8.04. The molecule has 138 valence electrons. The van der Waals surface area contributed by atoms with Crippen LogP contribution in [0.25, 0.3) is 0 Å². The molecular formula is C19H22N2O4S. The highest BCUT2D eigenvalue weighted by atomic mass is 32.1. The molecule has 0 saturated carbocycles. The first-order valence-corrected chi connectivity index (χ1v) is 8.45. The zero-order chi connectivity index (χ0) is 19.1. The van der Waals surface area contributed by atoms with E-state index >= 15 is 0 Å². The number of carbonyl (C=O) groups excluding carboxylic acids is 1. The average molecular weight is 374 g/mol. The molecule has 0 saturated heterocycles. The van der Waals surface area contributed by atoms with Crippen molar-refractivity contribution >= 4 is 28.9 Å². The number of amides is 1. The number of benzene rings is 2. The van der Waals surface area contributed by atoms with E-state index in [4.69, 9.17) is 26.4 Å². The Labute approximate surface area is 158 Å². The molecule has 0 bridgehead atoms. The van der Waals surface area contributed by atoms with Gasteiger partial charge in [-0.25, -0.2) is 0 Å². The summed E-state index contributed by atoms with van der Waals surface area (Å²) in [5.74, 6) is 1.61. The summed E-state index contributed by atoms with van der Waals surface area (Å²) < 4.78 is 16.0. The van der Waals surface area contributed by atoms with E-state index in [9.17, 15) is 4.79 Å². The number of hydrogen-bond acceptors (Lipinski definition) is 5. The topological polar surface area (TPSA) is 68.8 Å². The van der Waals surface area contributed by atoms with E-state index in [1.54, 1.807) is 56.7 Å². The van der Waals surface area contributed by atoms with Crippen molar-refractivity contribution in [3.63, 3.8) is 0 Å². The summed E-state index contributed by atoms with van der Waals surface area (Å²) >= 11 is 5.22. The Bertz CT molecular complexity index is 776. The summed E-state index contributed by atoms with van der Waals surface area (Å²) in [6, 6.07) is 12.1. The van der Waals surface area contributed by atoms with Gasteiger partial charge in [0.15, 0.2) is 5.11 Å². The molecule has 0 atom stereocenters. The van der Waals surface area contributed by atoms with E-state index in [0.717, 1.165) is 0 Å². The van der Waals surface area contributed by atoms with Crippen LogP contribution < -0.4 is 24.8 Å². The van der Waals surface area contributed by atoms with E-state index in [1.165, 1.54) is 0 Å². The van der Waals surface area contributed by atoms with Gasteiger partial charge in [0.1, 0.15) is 17.2 Å². The summed E-state index contributed by atoms with van der Waals surface area (Å²) in [4.78, 5) is 12.3. The fraction of sp³-hybridized carbons (Fsp3) is 0.263. The summed E-state index contributed by atoms with van der Waals surface area (Å²) in [7, 11) is 3.12. The van der Waals surface area contributed by atoms with Gasteiger partial charge in [-0.3, -0.25) is 10.1 Å². The van der Waals surface area contributed by atoms with Gasteiger partial charge in [-0.05, 0) is 62.5 Å². The molecular weight excluding hydrogens is 352 g/mol. The lowest BCUT2D eigenvalue weighted by Crippen LogP contribution is -2.34. The molecule has 7 heteroatoms. The number of anilines is 1. The van der Waals surface area contributed by atoms with Gasteiger partial charge in [0.25, 0.3) is 5.91 Å². The molecule has 2 aromatic rings. The van der Waals surface area contributed by atoms with Crippen LogP contribution in [0, 0.1) is 0 Å². The van der Waals surface area contributed by atoms with E-state index in [-0.39, 0.29) is 17.1 Å². The first-order chi connectivity index (χ1) is 12.4. The second-order valence-corrected chi connectivity index (χ2v) is 6.07. The van der Waals surface area contributed by atoms with Gasteiger partial charge in [0, 0.05) is 11.6 Å². The normalized spacial score (nSPS) is 10.2. The van der Waals surface area contributed by atoms with Crippen molar-refractivity contribution in [1.29, 1.82) is 0 Å². The third-order valence-corrected chi connectivity index (χ3v) is 3.57. The van der Waals surface area contributed by atoms with Gasteiger partial charge < -0.3 is 19.5 Å². The Hall–Kier alpha value is -2.80. The fourth-order valence-electron chi connectivity index (χ4n) is 2.20. The van der Waals surface area contributed by atoms with Crippen molar-refractivity contribution in [3.05, 3.63) is 48.0 Å². The third kappa shape index (κ3) is 5.35. The molecule has 0 radical (unpaired) electrons. The summed E-state index contributed by atoms with van der Waals surface area (Å²) in [5.41, 5.74) is 1.07. The van der Waals surface area contributed by atoms with Crippen molar-refractivity contribution in [2.24, 2.45) is 0 Å². The molecule has 0 spiro atoms. The predicted octanol–water partition coefficient (Wildman–Crippen LogP) is 3.62. The number of rotatable bonds is 6. The molecule has 0 heterocycles. The molecule has 1 amide bonds. The van der Waals surface area contributed by atoms with Crippen molar-refractivity contribution in [2.75, 3.05) is 19.5 Å². The van der Waals surface area contributed by atoms with Gasteiger partial charge >= 0.3 is 0 Å². The Morgan fingerprint density at radius 1 is 1.00 bits per heavy atom. The van der Waals surface area contributed by atoms with Crippen LogP contribution in [0.4, 0.5) is 5.69 Å².